The zero-order valence-electron chi connectivity index (χ0n) is 6.07. The summed E-state index contributed by atoms with van der Waals surface area (Å²) in [5.41, 5.74) is 0.935. The van der Waals surface area contributed by atoms with Crippen LogP contribution in [0.15, 0.2) is 32.3 Å². The van der Waals surface area contributed by atoms with Gasteiger partial charge in [-0.15, -0.1) is 0 Å². The van der Waals surface area contributed by atoms with Gasteiger partial charge in [0.2, 0.25) is 0 Å². The first-order valence-corrected chi connectivity index (χ1v) is 4.26. The van der Waals surface area contributed by atoms with Crippen molar-refractivity contribution in [1.29, 1.82) is 0 Å². The number of halogens is 1. The minimum atomic E-state index is -0.283. The Bertz CT molecular complexity index is 352. The van der Waals surface area contributed by atoms with E-state index in [0.29, 0.717) is 0 Å². The molecule has 60 valence electrons. The zero-order valence-corrected chi connectivity index (χ0v) is 7.65. The fourth-order valence-corrected chi connectivity index (χ4v) is 1.65. The number of nitrogens with zero attached hydrogens (tertiary/aromatic N) is 2. The Hall–Kier alpha value is -1.03. The van der Waals surface area contributed by atoms with Gasteiger partial charge in [-0.1, -0.05) is 0 Å². The zero-order chi connectivity index (χ0) is 8.55. The Morgan fingerprint density at radius 2 is 2.33 bits per heavy atom. The molecule has 1 atom stereocenters. The SMILES string of the molecule is O=C1N=CC=C2C(Br)=CN=CC12. The summed E-state index contributed by atoms with van der Waals surface area (Å²) in [6, 6.07) is 0. The summed E-state index contributed by atoms with van der Waals surface area (Å²) >= 11 is 3.32. The van der Waals surface area contributed by atoms with Crippen molar-refractivity contribution in [1.82, 2.24) is 0 Å². The van der Waals surface area contributed by atoms with Gasteiger partial charge in [0.15, 0.2) is 0 Å². The number of hydrogen-bond acceptors (Lipinski definition) is 2. The lowest BCUT2D eigenvalue weighted by Crippen LogP contribution is -2.21. The van der Waals surface area contributed by atoms with E-state index >= 15 is 0 Å². The molecule has 12 heavy (non-hydrogen) atoms. The number of hydrogen-bond donors (Lipinski definition) is 0. The van der Waals surface area contributed by atoms with E-state index in [1.165, 1.54) is 6.21 Å². The molecule has 3 nitrogen and oxygen atoms in total. The molecule has 0 saturated carbocycles. The average Bonchev–Trinajstić information content (AvgIpc) is 2.07. The van der Waals surface area contributed by atoms with E-state index in [0.717, 1.165) is 10.1 Å². The smallest absolute Gasteiger partial charge is 0.258 e. The minimum Gasteiger partial charge on any atom is -0.271 e. The standard InChI is InChI=1S/C8H5BrN2O/c9-7-4-10-3-6-5(7)1-2-11-8(6)12/h1-4,6H. The fourth-order valence-electron chi connectivity index (χ4n) is 1.15. The Morgan fingerprint density at radius 3 is 3.08 bits per heavy atom. The molecule has 2 aliphatic rings. The van der Waals surface area contributed by atoms with Crippen LogP contribution in [0.25, 0.3) is 0 Å². The third-order valence-corrected chi connectivity index (χ3v) is 2.42. The number of aliphatic imine (C=N–C) groups is 2. The van der Waals surface area contributed by atoms with E-state index < -0.39 is 0 Å². The molecule has 1 unspecified atom stereocenters. The van der Waals surface area contributed by atoms with Gasteiger partial charge >= 0.3 is 0 Å². The van der Waals surface area contributed by atoms with Gasteiger partial charge in [-0.2, -0.15) is 0 Å². The highest BCUT2D eigenvalue weighted by atomic mass is 79.9. The predicted molar refractivity (Wildman–Crippen MR) is 50.6 cm³/mol. The van der Waals surface area contributed by atoms with Gasteiger partial charge in [0.25, 0.3) is 5.91 Å². The lowest BCUT2D eigenvalue weighted by Gasteiger charge is -2.17. The first kappa shape index (κ1) is 7.61. The Labute approximate surface area is 77.7 Å². The molecule has 0 N–H and O–H groups in total. The van der Waals surface area contributed by atoms with Crippen molar-refractivity contribution in [3.05, 3.63) is 22.3 Å². The largest absolute Gasteiger partial charge is 0.271 e. The van der Waals surface area contributed by atoms with Crippen molar-refractivity contribution >= 4 is 34.3 Å². The Kier molecular flexibility index (Phi) is 1.77. The van der Waals surface area contributed by atoms with Gasteiger partial charge in [-0.25, -0.2) is 4.99 Å². The third kappa shape index (κ3) is 1.08. The summed E-state index contributed by atoms with van der Waals surface area (Å²) in [5, 5.41) is 0. The van der Waals surface area contributed by atoms with Gasteiger partial charge in [0.1, 0.15) is 5.92 Å². The van der Waals surface area contributed by atoms with Crippen molar-refractivity contribution in [2.24, 2.45) is 15.9 Å². The number of fused-ring (bicyclic) bond motifs is 1. The number of amides is 1. The van der Waals surface area contributed by atoms with Crippen LogP contribution in [-0.4, -0.2) is 18.3 Å². The maximum atomic E-state index is 11.2. The molecule has 2 heterocycles. The highest BCUT2D eigenvalue weighted by Crippen LogP contribution is 2.29. The lowest BCUT2D eigenvalue weighted by molar-refractivity contribution is -0.118. The highest BCUT2D eigenvalue weighted by Gasteiger charge is 2.25. The van der Waals surface area contributed by atoms with Crippen molar-refractivity contribution in [2.75, 3.05) is 0 Å². The maximum Gasteiger partial charge on any atom is 0.258 e. The van der Waals surface area contributed by atoms with Crippen LogP contribution in [0.5, 0.6) is 0 Å². The molecule has 0 aromatic heterocycles. The highest BCUT2D eigenvalue weighted by molar-refractivity contribution is 9.12. The van der Waals surface area contributed by atoms with Crippen molar-refractivity contribution in [3.63, 3.8) is 0 Å². The molecule has 0 bridgehead atoms. The van der Waals surface area contributed by atoms with Crippen LogP contribution in [0.4, 0.5) is 0 Å². The molecule has 0 aromatic carbocycles. The lowest BCUT2D eigenvalue weighted by atomic mass is 9.96. The van der Waals surface area contributed by atoms with Gasteiger partial charge in [0.05, 0.1) is 0 Å². The molecule has 1 amide bonds. The summed E-state index contributed by atoms with van der Waals surface area (Å²) in [6.45, 7) is 0. The summed E-state index contributed by atoms with van der Waals surface area (Å²) in [5.74, 6) is -0.435. The Balaban J connectivity index is 2.47. The fraction of sp³-hybridized carbons (Fsp3) is 0.125. The van der Waals surface area contributed by atoms with Gasteiger partial charge in [0, 0.05) is 23.1 Å². The van der Waals surface area contributed by atoms with Crippen LogP contribution in [0, 0.1) is 5.92 Å². The maximum absolute atomic E-state index is 11.2. The van der Waals surface area contributed by atoms with Crippen molar-refractivity contribution < 1.29 is 4.79 Å². The number of rotatable bonds is 0. The first-order chi connectivity index (χ1) is 5.79. The van der Waals surface area contributed by atoms with Crippen LogP contribution in [0.2, 0.25) is 0 Å². The molecule has 0 spiro atoms. The van der Waals surface area contributed by atoms with Crippen LogP contribution >= 0.6 is 15.9 Å². The van der Waals surface area contributed by atoms with Crippen LogP contribution in [0.1, 0.15) is 0 Å². The van der Waals surface area contributed by atoms with Gasteiger partial charge in [-0.3, -0.25) is 9.79 Å². The number of carbonyl (C=O) groups excluding carboxylic acids is 1. The predicted octanol–water partition coefficient (Wildman–Crippen LogP) is 1.46. The Morgan fingerprint density at radius 1 is 1.50 bits per heavy atom. The molecule has 0 fully saturated rings. The second-order valence-corrected chi connectivity index (χ2v) is 3.35. The quantitative estimate of drug-likeness (QED) is 0.615. The molecule has 2 aliphatic heterocycles. The monoisotopic (exact) mass is 224 g/mol. The topological polar surface area (TPSA) is 41.8 Å². The van der Waals surface area contributed by atoms with Crippen molar-refractivity contribution in [2.45, 2.75) is 0 Å². The molecular weight excluding hydrogens is 220 g/mol. The summed E-state index contributed by atoms with van der Waals surface area (Å²) in [6.07, 6.45) is 6.62. The van der Waals surface area contributed by atoms with E-state index in [1.54, 1.807) is 12.4 Å². The van der Waals surface area contributed by atoms with E-state index in [9.17, 15) is 4.79 Å². The molecule has 4 heteroatoms. The van der Waals surface area contributed by atoms with E-state index in [4.69, 9.17) is 0 Å². The van der Waals surface area contributed by atoms with Crippen LogP contribution in [0.3, 0.4) is 0 Å². The molecule has 0 aromatic rings. The van der Waals surface area contributed by atoms with E-state index in [1.807, 2.05) is 6.08 Å². The number of allylic oxidation sites excluding steroid dienone is 2. The first-order valence-electron chi connectivity index (χ1n) is 3.46. The van der Waals surface area contributed by atoms with E-state index in [2.05, 4.69) is 25.9 Å². The van der Waals surface area contributed by atoms with Gasteiger partial charge in [-0.05, 0) is 27.6 Å². The number of dihydropyridines is 1. The molecule has 0 saturated heterocycles. The molecular formula is C8H5BrN2O. The summed E-state index contributed by atoms with van der Waals surface area (Å²) in [7, 11) is 0. The molecule has 2 rings (SSSR count). The average molecular weight is 225 g/mol. The van der Waals surface area contributed by atoms with Crippen LogP contribution < -0.4 is 0 Å². The van der Waals surface area contributed by atoms with Gasteiger partial charge < -0.3 is 0 Å². The van der Waals surface area contributed by atoms with Crippen LogP contribution in [-0.2, 0) is 4.79 Å². The van der Waals surface area contributed by atoms with Crippen molar-refractivity contribution in [3.8, 4) is 0 Å². The summed E-state index contributed by atoms with van der Waals surface area (Å²) in [4.78, 5) is 18.8. The normalized spacial score (nSPS) is 26.4. The summed E-state index contributed by atoms with van der Waals surface area (Å²) < 4.78 is 0.856. The second-order valence-electron chi connectivity index (χ2n) is 2.49. The number of carbonyl (C=O) groups is 1. The molecule has 0 radical (unpaired) electrons. The second kappa shape index (κ2) is 2.79. The molecule has 0 aliphatic carbocycles. The van der Waals surface area contributed by atoms with E-state index in [-0.39, 0.29) is 11.8 Å². The minimum absolute atomic E-state index is 0.152. The third-order valence-electron chi connectivity index (χ3n) is 1.76.